The third-order valence-electron chi connectivity index (χ3n) is 3.67. The zero-order valence-corrected chi connectivity index (χ0v) is 15.0. The molecular weight excluding hydrogens is 260 g/mol. The van der Waals surface area contributed by atoms with Gasteiger partial charge < -0.3 is 9.84 Å². The van der Waals surface area contributed by atoms with Crippen LogP contribution in [0.1, 0.15) is 72.9 Å². The van der Waals surface area contributed by atoms with Crippen molar-refractivity contribution in [3.63, 3.8) is 0 Å². The average Bonchev–Trinajstić information content (AvgIpc) is 2.27. The van der Waals surface area contributed by atoms with Crippen molar-refractivity contribution in [2.24, 2.45) is 5.92 Å². The summed E-state index contributed by atoms with van der Waals surface area (Å²) < 4.78 is 6.05. The molecule has 0 amide bonds. The van der Waals surface area contributed by atoms with Crippen LogP contribution in [0.25, 0.3) is 0 Å². The molecule has 1 aromatic carbocycles. The van der Waals surface area contributed by atoms with E-state index in [9.17, 15) is 5.11 Å². The highest BCUT2D eigenvalue weighted by atomic mass is 16.5. The molecule has 0 saturated heterocycles. The Morgan fingerprint density at radius 1 is 0.952 bits per heavy atom. The molecule has 0 aromatic heterocycles. The highest BCUT2D eigenvalue weighted by Gasteiger charge is 2.25. The van der Waals surface area contributed by atoms with Crippen LogP contribution in [0.4, 0.5) is 0 Å². The topological polar surface area (TPSA) is 29.5 Å². The Balaban J connectivity index is 3.22. The molecule has 2 heteroatoms. The van der Waals surface area contributed by atoms with Gasteiger partial charge in [-0.2, -0.15) is 0 Å². The molecule has 0 fully saturated rings. The quantitative estimate of drug-likeness (QED) is 0.803. The second kappa shape index (κ2) is 6.29. The van der Waals surface area contributed by atoms with Crippen molar-refractivity contribution in [3.8, 4) is 11.5 Å². The second-order valence-corrected chi connectivity index (χ2v) is 8.40. The minimum atomic E-state index is -0.101. The number of benzene rings is 1. The van der Waals surface area contributed by atoms with Gasteiger partial charge in [0.15, 0.2) is 0 Å². The van der Waals surface area contributed by atoms with Crippen molar-refractivity contribution in [2.45, 2.75) is 72.6 Å². The Labute approximate surface area is 130 Å². The number of phenolic OH excluding ortho intramolecular Hbond substituents is 1. The maximum absolute atomic E-state index is 10.4. The predicted octanol–water partition coefficient (Wildman–Crippen LogP) is 5.41. The normalized spacial score (nSPS) is 12.8. The van der Waals surface area contributed by atoms with Crippen LogP contribution in [0.3, 0.4) is 0 Å². The first-order chi connectivity index (χ1) is 9.43. The van der Waals surface area contributed by atoms with Gasteiger partial charge in [0.1, 0.15) is 11.5 Å². The molecule has 21 heavy (non-hydrogen) atoms. The minimum absolute atomic E-state index is 0.0545. The smallest absolute Gasteiger partial charge is 0.123 e. The van der Waals surface area contributed by atoms with Gasteiger partial charge in [0.05, 0.1) is 6.61 Å². The molecule has 1 N–H and O–H groups in total. The van der Waals surface area contributed by atoms with Crippen molar-refractivity contribution in [2.75, 3.05) is 6.61 Å². The lowest BCUT2D eigenvalue weighted by Gasteiger charge is -2.27. The first kappa shape index (κ1) is 17.9. The van der Waals surface area contributed by atoms with Crippen LogP contribution in [0.5, 0.6) is 11.5 Å². The SMILES string of the molecule is CC(C)CCOc1cc(C(C)(C)C)c(O)cc1C(C)(C)C. The van der Waals surface area contributed by atoms with Crippen LogP contribution in [0, 0.1) is 5.92 Å². The van der Waals surface area contributed by atoms with E-state index in [0.717, 1.165) is 29.9 Å². The van der Waals surface area contributed by atoms with Crippen LogP contribution in [-0.4, -0.2) is 11.7 Å². The molecule has 0 atom stereocenters. The summed E-state index contributed by atoms with van der Waals surface area (Å²) in [5.41, 5.74) is 1.85. The van der Waals surface area contributed by atoms with E-state index < -0.39 is 0 Å². The van der Waals surface area contributed by atoms with Gasteiger partial charge in [-0.1, -0.05) is 55.4 Å². The van der Waals surface area contributed by atoms with Gasteiger partial charge in [-0.15, -0.1) is 0 Å². The summed E-state index contributed by atoms with van der Waals surface area (Å²) in [4.78, 5) is 0. The van der Waals surface area contributed by atoms with Crippen molar-refractivity contribution < 1.29 is 9.84 Å². The lowest BCUT2D eigenvalue weighted by molar-refractivity contribution is 0.281. The van der Waals surface area contributed by atoms with Crippen LogP contribution in [0.15, 0.2) is 12.1 Å². The number of aromatic hydroxyl groups is 1. The van der Waals surface area contributed by atoms with E-state index in [1.807, 2.05) is 12.1 Å². The van der Waals surface area contributed by atoms with Crippen molar-refractivity contribution in [1.29, 1.82) is 0 Å². The van der Waals surface area contributed by atoms with Gasteiger partial charge in [0.2, 0.25) is 0 Å². The molecule has 0 saturated carbocycles. The third kappa shape index (κ3) is 4.94. The lowest BCUT2D eigenvalue weighted by Crippen LogP contribution is -2.17. The van der Waals surface area contributed by atoms with E-state index in [4.69, 9.17) is 4.74 Å². The summed E-state index contributed by atoms with van der Waals surface area (Å²) in [7, 11) is 0. The summed E-state index contributed by atoms with van der Waals surface area (Å²) in [5.74, 6) is 1.90. The van der Waals surface area contributed by atoms with Crippen LogP contribution in [-0.2, 0) is 10.8 Å². The Hall–Kier alpha value is -1.18. The van der Waals surface area contributed by atoms with Gasteiger partial charge in [0.25, 0.3) is 0 Å². The monoisotopic (exact) mass is 292 g/mol. The Morgan fingerprint density at radius 2 is 1.48 bits per heavy atom. The average molecular weight is 292 g/mol. The highest BCUT2D eigenvalue weighted by molar-refractivity contribution is 5.51. The predicted molar refractivity (Wildman–Crippen MR) is 90.5 cm³/mol. The Bertz CT molecular complexity index is 474. The zero-order chi connectivity index (χ0) is 16.4. The molecule has 0 spiro atoms. The molecule has 0 aliphatic rings. The minimum Gasteiger partial charge on any atom is -0.508 e. The standard InChI is InChI=1S/C19H32O2/c1-13(2)9-10-21-17-12-14(18(3,4)5)16(20)11-15(17)19(6,7)8/h11-13,20H,9-10H2,1-8H3. The molecular formula is C19H32O2. The van der Waals surface area contributed by atoms with Gasteiger partial charge in [-0.05, 0) is 35.3 Å². The molecule has 120 valence electrons. The number of rotatable bonds is 4. The molecule has 2 nitrogen and oxygen atoms in total. The molecule has 0 heterocycles. The number of phenols is 1. The lowest BCUT2D eigenvalue weighted by atomic mass is 9.81. The summed E-state index contributed by atoms with van der Waals surface area (Å²) in [6.45, 7) is 17.9. The first-order valence-corrected chi connectivity index (χ1v) is 7.93. The van der Waals surface area contributed by atoms with Crippen molar-refractivity contribution in [3.05, 3.63) is 23.3 Å². The van der Waals surface area contributed by atoms with Crippen molar-refractivity contribution >= 4 is 0 Å². The number of ether oxygens (including phenoxy) is 1. The first-order valence-electron chi connectivity index (χ1n) is 7.93. The van der Waals surface area contributed by atoms with E-state index in [-0.39, 0.29) is 10.8 Å². The number of hydrogen-bond acceptors (Lipinski definition) is 2. The molecule has 1 aromatic rings. The van der Waals surface area contributed by atoms with Gasteiger partial charge in [-0.25, -0.2) is 0 Å². The fourth-order valence-electron chi connectivity index (χ4n) is 2.28. The molecule has 0 aliphatic heterocycles. The Kier molecular flexibility index (Phi) is 5.35. The largest absolute Gasteiger partial charge is 0.508 e. The van der Waals surface area contributed by atoms with E-state index in [1.165, 1.54) is 0 Å². The van der Waals surface area contributed by atoms with Gasteiger partial charge >= 0.3 is 0 Å². The van der Waals surface area contributed by atoms with E-state index in [1.54, 1.807) is 0 Å². The summed E-state index contributed by atoms with van der Waals surface area (Å²) in [6, 6.07) is 3.90. The van der Waals surface area contributed by atoms with Crippen LogP contribution < -0.4 is 4.74 Å². The fourth-order valence-corrected chi connectivity index (χ4v) is 2.28. The molecule has 0 radical (unpaired) electrons. The maximum atomic E-state index is 10.4. The molecule has 0 bridgehead atoms. The summed E-state index contributed by atoms with van der Waals surface area (Å²) in [5, 5.41) is 10.4. The van der Waals surface area contributed by atoms with Gasteiger partial charge in [0, 0.05) is 11.1 Å². The Morgan fingerprint density at radius 3 is 1.90 bits per heavy atom. The van der Waals surface area contributed by atoms with Crippen LogP contribution >= 0.6 is 0 Å². The molecule has 1 rings (SSSR count). The fraction of sp³-hybridized carbons (Fsp3) is 0.684. The van der Waals surface area contributed by atoms with E-state index in [0.29, 0.717) is 11.7 Å². The third-order valence-corrected chi connectivity index (χ3v) is 3.67. The highest BCUT2D eigenvalue weighted by Crippen LogP contribution is 2.40. The molecule has 0 unspecified atom stereocenters. The molecule has 0 aliphatic carbocycles. The van der Waals surface area contributed by atoms with E-state index >= 15 is 0 Å². The van der Waals surface area contributed by atoms with E-state index in [2.05, 4.69) is 55.4 Å². The zero-order valence-electron chi connectivity index (χ0n) is 15.0. The van der Waals surface area contributed by atoms with Crippen molar-refractivity contribution in [1.82, 2.24) is 0 Å². The van der Waals surface area contributed by atoms with Crippen LogP contribution in [0.2, 0.25) is 0 Å². The maximum Gasteiger partial charge on any atom is 0.123 e. The summed E-state index contributed by atoms with van der Waals surface area (Å²) in [6.07, 6.45) is 1.04. The summed E-state index contributed by atoms with van der Waals surface area (Å²) >= 11 is 0. The van der Waals surface area contributed by atoms with Gasteiger partial charge in [-0.3, -0.25) is 0 Å². The second-order valence-electron chi connectivity index (χ2n) is 8.40. The number of hydrogen-bond donors (Lipinski definition) is 1.